The van der Waals surface area contributed by atoms with E-state index in [9.17, 15) is 14.3 Å². The van der Waals surface area contributed by atoms with Gasteiger partial charge in [0.2, 0.25) is 0 Å². The van der Waals surface area contributed by atoms with Crippen molar-refractivity contribution in [2.75, 3.05) is 19.0 Å². The Morgan fingerprint density at radius 2 is 1.66 bits per heavy atom. The van der Waals surface area contributed by atoms with Gasteiger partial charge in [-0.2, -0.15) is 4.98 Å². The molecule has 0 aliphatic carbocycles. The third kappa shape index (κ3) is 4.69. The molecule has 0 spiro atoms. The fraction of sp³-hybridized carbons (Fsp3) is 0.385. The third-order valence-corrected chi connectivity index (χ3v) is 11.7. The van der Waals surface area contributed by atoms with Crippen LogP contribution in [0.3, 0.4) is 0 Å². The number of nitrogens with two attached hydrogens (primary N) is 1. The molecule has 2 aromatic carbocycles. The van der Waals surface area contributed by atoms with E-state index in [1.165, 1.54) is 12.3 Å². The summed E-state index contributed by atoms with van der Waals surface area (Å²) in [5, 5.41) is 12.8. The van der Waals surface area contributed by atoms with Crippen molar-refractivity contribution in [1.82, 2.24) is 9.55 Å². The zero-order valence-electron chi connectivity index (χ0n) is 20.2. The zero-order valence-corrected chi connectivity index (χ0v) is 21.2. The van der Waals surface area contributed by atoms with Crippen LogP contribution in [-0.2, 0) is 9.16 Å². The van der Waals surface area contributed by atoms with Crippen molar-refractivity contribution in [3.05, 3.63) is 83.4 Å². The number of benzene rings is 2. The number of aliphatic hydroxyl groups is 1. The minimum atomic E-state index is -2.88. The standard InChI is InChI=1S/C26H32FN3O4Si/c1-26(2,3)35(18-10-6-4-7-11-18,19-12-8-5-9-13-19)33-17-21-20(16-27)23(31)24(34-21)30-15-14-22(28)29-25(30)32/h4-15,20-21,23-24,31H,16-17H2,1-3H3,(H2,28,29,32). The van der Waals surface area contributed by atoms with Gasteiger partial charge in [-0.05, 0) is 21.5 Å². The van der Waals surface area contributed by atoms with Crippen LogP contribution < -0.4 is 21.8 Å². The summed E-state index contributed by atoms with van der Waals surface area (Å²) in [7, 11) is -2.88. The van der Waals surface area contributed by atoms with Gasteiger partial charge in [0.25, 0.3) is 8.32 Å². The summed E-state index contributed by atoms with van der Waals surface area (Å²) in [6.45, 7) is 5.70. The number of anilines is 1. The average Bonchev–Trinajstić information content (AvgIpc) is 3.15. The maximum absolute atomic E-state index is 14.1. The van der Waals surface area contributed by atoms with Crippen molar-refractivity contribution in [3.63, 3.8) is 0 Å². The number of aliphatic hydroxyl groups excluding tert-OH is 1. The summed E-state index contributed by atoms with van der Waals surface area (Å²) in [5.41, 5.74) is 4.92. The van der Waals surface area contributed by atoms with Gasteiger partial charge in [0.15, 0.2) is 6.23 Å². The molecule has 9 heteroatoms. The van der Waals surface area contributed by atoms with Crippen LogP contribution in [0.15, 0.2) is 77.7 Å². The fourth-order valence-electron chi connectivity index (χ4n) is 4.96. The molecule has 0 amide bonds. The maximum atomic E-state index is 14.1. The molecule has 2 heterocycles. The molecule has 4 atom stereocenters. The first-order valence-corrected chi connectivity index (χ1v) is 13.6. The van der Waals surface area contributed by atoms with Crippen molar-refractivity contribution in [3.8, 4) is 0 Å². The lowest BCUT2D eigenvalue weighted by atomic mass is 10.00. The van der Waals surface area contributed by atoms with Gasteiger partial charge in [0, 0.05) is 12.1 Å². The molecule has 1 fully saturated rings. The molecule has 1 aromatic heterocycles. The lowest BCUT2D eigenvalue weighted by molar-refractivity contribution is -0.0515. The number of hydrogen-bond donors (Lipinski definition) is 2. The van der Waals surface area contributed by atoms with Crippen LogP contribution in [0.2, 0.25) is 5.04 Å². The fourth-order valence-corrected chi connectivity index (χ4v) is 9.53. The number of aromatic nitrogens is 2. The Hall–Kier alpha value is -2.85. The van der Waals surface area contributed by atoms with Crippen molar-refractivity contribution in [1.29, 1.82) is 0 Å². The molecule has 186 valence electrons. The van der Waals surface area contributed by atoms with Gasteiger partial charge in [-0.25, -0.2) is 4.79 Å². The molecular weight excluding hydrogens is 465 g/mol. The van der Waals surface area contributed by atoms with Crippen molar-refractivity contribution in [2.24, 2.45) is 5.92 Å². The van der Waals surface area contributed by atoms with E-state index < -0.39 is 45.0 Å². The van der Waals surface area contributed by atoms with E-state index in [1.807, 2.05) is 36.4 Å². The summed E-state index contributed by atoms with van der Waals surface area (Å²) >= 11 is 0. The summed E-state index contributed by atoms with van der Waals surface area (Å²) < 4.78 is 28.2. The Morgan fingerprint density at radius 1 is 1.09 bits per heavy atom. The molecule has 1 aliphatic heterocycles. The minimum absolute atomic E-state index is 0.0621. The van der Waals surface area contributed by atoms with Crippen LogP contribution in [0.1, 0.15) is 27.0 Å². The first-order valence-electron chi connectivity index (χ1n) is 11.7. The number of ether oxygens (including phenoxy) is 1. The molecule has 1 aliphatic rings. The second kappa shape index (κ2) is 10.0. The van der Waals surface area contributed by atoms with E-state index in [4.69, 9.17) is 14.9 Å². The SMILES string of the molecule is CC(C)(C)[Si](OCC1OC(n2ccc(N)nc2=O)C(O)C1CF)(c1ccccc1)c1ccccc1. The van der Waals surface area contributed by atoms with Crippen LogP contribution >= 0.6 is 0 Å². The molecule has 0 bridgehead atoms. The first kappa shape index (κ1) is 25.2. The molecule has 35 heavy (non-hydrogen) atoms. The Morgan fingerprint density at radius 3 is 2.14 bits per heavy atom. The van der Waals surface area contributed by atoms with Crippen molar-refractivity contribution >= 4 is 24.5 Å². The highest BCUT2D eigenvalue weighted by molar-refractivity contribution is 6.99. The van der Waals surface area contributed by atoms with Crippen LogP contribution in [0, 0.1) is 5.92 Å². The second-order valence-electron chi connectivity index (χ2n) is 9.89. The highest BCUT2D eigenvalue weighted by Gasteiger charge is 2.52. The maximum Gasteiger partial charge on any atom is 0.351 e. The molecule has 7 nitrogen and oxygen atoms in total. The van der Waals surface area contributed by atoms with E-state index in [0.717, 1.165) is 14.9 Å². The topological polar surface area (TPSA) is 99.6 Å². The van der Waals surface area contributed by atoms with Gasteiger partial charge in [-0.1, -0.05) is 81.4 Å². The van der Waals surface area contributed by atoms with Crippen LogP contribution in [-0.4, -0.2) is 48.5 Å². The Kier molecular flexibility index (Phi) is 7.23. The summed E-state index contributed by atoms with van der Waals surface area (Å²) in [5.74, 6) is -0.796. The van der Waals surface area contributed by atoms with Crippen LogP contribution in [0.4, 0.5) is 10.2 Å². The van der Waals surface area contributed by atoms with E-state index in [2.05, 4.69) is 50.0 Å². The van der Waals surface area contributed by atoms with E-state index >= 15 is 0 Å². The lowest BCUT2D eigenvalue weighted by Gasteiger charge is -2.43. The largest absolute Gasteiger partial charge is 0.405 e. The summed E-state index contributed by atoms with van der Waals surface area (Å²) in [6, 6.07) is 21.6. The van der Waals surface area contributed by atoms with Gasteiger partial charge >= 0.3 is 5.69 Å². The summed E-state index contributed by atoms with van der Waals surface area (Å²) in [4.78, 5) is 16.1. The van der Waals surface area contributed by atoms with Crippen molar-refractivity contribution in [2.45, 2.75) is 44.2 Å². The minimum Gasteiger partial charge on any atom is -0.405 e. The smallest absolute Gasteiger partial charge is 0.351 e. The monoisotopic (exact) mass is 497 g/mol. The van der Waals surface area contributed by atoms with E-state index in [1.54, 1.807) is 0 Å². The molecule has 0 radical (unpaired) electrons. The normalized spacial score (nSPS) is 22.9. The highest BCUT2D eigenvalue weighted by Crippen LogP contribution is 2.39. The summed E-state index contributed by atoms with van der Waals surface area (Å²) in [6.07, 6.45) is -1.68. The predicted octanol–water partition coefficient (Wildman–Crippen LogP) is 2.25. The number of nitrogens with zero attached hydrogens (tertiary/aromatic N) is 2. The van der Waals surface area contributed by atoms with Crippen LogP contribution in [0.5, 0.6) is 0 Å². The van der Waals surface area contributed by atoms with Gasteiger partial charge in [0.1, 0.15) is 11.9 Å². The van der Waals surface area contributed by atoms with Gasteiger partial charge in [-0.3, -0.25) is 8.96 Å². The lowest BCUT2D eigenvalue weighted by Crippen LogP contribution is -2.67. The highest BCUT2D eigenvalue weighted by atomic mass is 28.4. The zero-order chi connectivity index (χ0) is 25.2. The van der Waals surface area contributed by atoms with Crippen molar-refractivity contribution < 1.29 is 18.7 Å². The van der Waals surface area contributed by atoms with Crippen LogP contribution in [0.25, 0.3) is 0 Å². The molecule has 3 aromatic rings. The Balaban J connectivity index is 1.70. The average molecular weight is 498 g/mol. The molecule has 4 rings (SSSR count). The predicted molar refractivity (Wildman–Crippen MR) is 136 cm³/mol. The molecular formula is C26H32FN3O4Si. The van der Waals surface area contributed by atoms with Gasteiger partial charge in [0.05, 0.1) is 19.4 Å². The van der Waals surface area contributed by atoms with E-state index in [0.29, 0.717) is 0 Å². The van der Waals surface area contributed by atoms with E-state index in [-0.39, 0.29) is 17.5 Å². The number of nitrogen functional groups attached to an aromatic ring is 1. The quantitative estimate of drug-likeness (QED) is 0.486. The molecule has 1 saturated heterocycles. The number of hydrogen-bond acceptors (Lipinski definition) is 6. The first-order chi connectivity index (χ1) is 16.7. The molecule has 0 saturated carbocycles. The molecule has 3 N–H and O–H groups in total. The Bertz CT molecular complexity index is 1150. The number of halogens is 1. The second-order valence-corrected chi connectivity index (χ2v) is 14.2. The third-order valence-electron chi connectivity index (χ3n) is 6.71. The van der Waals surface area contributed by atoms with Gasteiger partial charge in [-0.15, -0.1) is 0 Å². The molecule has 4 unspecified atom stereocenters. The number of alkyl halides is 1. The number of rotatable bonds is 7. The Labute approximate surface area is 205 Å². The van der Waals surface area contributed by atoms with Gasteiger partial charge < -0.3 is 20.0 Å².